The Morgan fingerprint density at radius 3 is 2.59 bits per heavy atom. The van der Waals surface area contributed by atoms with Gasteiger partial charge in [-0.25, -0.2) is 13.4 Å². The molecule has 0 N–H and O–H groups in total. The topological polar surface area (TPSA) is 125 Å². The van der Waals surface area contributed by atoms with Crippen molar-refractivity contribution < 1.29 is 17.9 Å². The number of esters is 1. The molecule has 0 fully saturated rings. The summed E-state index contributed by atoms with van der Waals surface area (Å²) >= 11 is 1.26. The normalized spacial score (nSPS) is 11.5. The Kier molecular flexibility index (Phi) is 7.50. The molecule has 0 spiro atoms. The average Bonchev–Trinajstić information content (AvgIpc) is 3.16. The summed E-state index contributed by atoms with van der Waals surface area (Å²) in [5.41, 5.74) is 2.15. The second-order valence-electron chi connectivity index (χ2n) is 6.85. The highest BCUT2D eigenvalue weighted by Gasteiger charge is 2.11. The molecule has 166 valence electrons. The van der Waals surface area contributed by atoms with E-state index in [0.717, 1.165) is 16.6 Å². The molecule has 0 unspecified atom stereocenters. The number of ether oxygens (including phenoxy) is 1. The van der Waals surface area contributed by atoms with Gasteiger partial charge in [0.15, 0.2) is 9.84 Å². The van der Waals surface area contributed by atoms with Gasteiger partial charge in [0.2, 0.25) is 5.13 Å². The number of anilines is 1. The molecular weight excluding hydrogens is 450 g/mol. The fraction of sp³-hybridized carbons (Fsp3) is 0.286. The number of fused-ring (bicyclic) bond motifs is 1. The third-order valence-corrected chi connectivity index (χ3v) is 6.42. The number of hydrogen-bond acceptors (Lipinski definition) is 10. The summed E-state index contributed by atoms with van der Waals surface area (Å²) in [6.45, 7) is 2.58. The lowest BCUT2D eigenvalue weighted by Gasteiger charge is -2.23. The molecule has 0 atom stereocenters. The average molecular weight is 472 g/mol. The molecule has 0 radical (unpaired) electrons. The highest BCUT2D eigenvalue weighted by molar-refractivity contribution is 7.90. The molecule has 0 aliphatic heterocycles. The molecule has 0 aliphatic rings. The molecule has 2 aromatic carbocycles. The van der Waals surface area contributed by atoms with Crippen LogP contribution in [0.3, 0.4) is 0 Å². The molecule has 11 heteroatoms. The maximum Gasteiger partial charge on any atom is 0.302 e. The fourth-order valence-corrected chi connectivity index (χ4v) is 4.40. The van der Waals surface area contributed by atoms with Crippen LogP contribution < -0.4 is 4.90 Å². The van der Waals surface area contributed by atoms with Crippen molar-refractivity contribution in [3.8, 4) is 6.07 Å². The van der Waals surface area contributed by atoms with Crippen LogP contribution in [0.4, 0.5) is 16.5 Å². The summed E-state index contributed by atoms with van der Waals surface area (Å²) in [7, 11) is -3.29. The van der Waals surface area contributed by atoms with Crippen LogP contribution in [0.1, 0.15) is 13.3 Å². The minimum atomic E-state index is -3.29. The van der Waals surface area contributed by atoms with Gasteiger partial charge in [-0.15, -0.1) is 10.2 Å². The quantitative estimate of drug-likeness (QED) is 0.334. The van der Waals surface area contributed by atoms with Crippen LogP contribution in [0.25, 0.3) is 10.2 Å². The first kappa shape index (κ1) is 23.3. The molecule has 3 rings (SSSR count). The number of hydrogen-bond donors (Lipinski definition) is 0. The predicted molar refractivity (Wildman–Crippen MR) is 122 cm³/mol. The van der Waals surface area contributed by atoms with Crippen LogP contribution in [0, 0.1) is 11.3 Å². The molecular formula is C21H21N5O4S2. The minimum Gasteiger partial charge on any atom is -0.464 e. The number of benzene rings is 2. The number of carbonyl (C=O) groups excluding carboxylic acids is 1. The fourth-order valence-electron chi connectivity index (χ4n) is 2.85. The van der Waals surface area contributed by atoms with Gasteiger partial charge >= 0.3 is 5.97 Å². The summed E-state index contributed by atoms with van der Waals surface area (Å²) < 4.78 is 29.2. The molecule has 1 heterocycles. The number of aromatic nitrogens is 1. The Balaban J connectivity index is 1.72. The minimum absolute atomic E-state index is 0.237. The molecule has 9 nitrogen and oxygen atoms in total. The van der Waals surface area contributed by atoms with Gasteiger partial charge in [-0.3, -0.25) is 4.79 Å². The summed E-state index contributed by atoms with van der Waals surface area (Å²) in [6.07, 6.45) is 1.51. The van der Waals surface area contributed by atoms with E-state index in [-0.39, 0.29) is 17.5 Å². The zero-order valence-electron chi connectivity index (χ0n) is 17.6. The first-order valence-electron chi connectivity index (χ1n) is 9.64. The standard InChI is InChI=1S/C21H21N5O4S2/c1-15(27)30-13-12-26(11-3-10-22)17-6-4-16(5-7-17)24-25-21-23-19-9-8-18(32(2,28)29)14-20(19)31-21/h4-9,14H,3,11-13H2,1-2H3. The van der Waals surface area contributed by atoms with Gasteiger partial charge < -0.3 is 9.64 Å². The van der Waals surface area contributed by atoms with Crippen molar-refractivity contribution in [1.82, 2.24) is 4.98 Å². The maximum atomic E-state index is 11.7. The molecule has 32 heavy (non-hydrogen) atoms. The molecule has 3 aromatic rings. The van der Waals surface area contributed by atoms with E-state index in [4.69, 9.17) is 10.00 Å². The van der Waals surface area contributed by atoms with E-state index < -0.39 is 9.84 Å². The van der Waals surface area contributed by atoms with Crippen molar-refractivity contribution in [1.29, 1.82) is 5.26 Å². The predicted octanol–water partition coefficient (Wildman–Crippen LogP) is 4.40. The Morgan fingerprint density at radius 2 is 1.94 bits per heavy atom. The van der Waals surface area contributed by atoms with Crippen LogP contribution in [0.15, 0.2) is 57.6 Å². The summed E-state index contributed by atoms with van der Waals surface area (Å²) in [5, 5.41) is 17.7. The first-order valence-corrected chi connectivity index (χ1v) is 12.3. The molecule has 0 amide bonds. The lowest BCUT2D eigenvalue weighted by atomic mass is 10.2. The Morgan fingerprint density at radius 1 is 1.19 bits per heavy atom. The van der Waals surface area contributed by atoms with Crippen LogP contribution in [0.5, 0.6) is 0 Å². The largest absolute Gasteiger partial charge is 0.464 e. The van der Waals surface area contributed by atoms with Crippen molar-refractivity contribution in [2.75, 3.05) is 30.9 Å². The monoisotopic (exact) mass is 471 g/mol. The van der Waals surface area contributed by atoms with Gasteiger partial charge in [0, 0.05) is 25.4 Å². The number of nitrogens with zero attached hydrogens (tertiary/aromatic N) is 5. The van der Waals surface area contributed by atoms with Crippen LogP contribution >= 0.6 is 11.3 Å². The van der Waals surface area contributed by atoms with Crippen LogP contribution in [-0.2, 0) is 19.4 Å². The second kappa shape index (κ2) is 10.3. The molecule has 0 aliphatic carbocycles. The molecule has 0 saturated carbocycles. The van der Waals surface area contributed by atoms with Crippen molar-refractivity contribution in [2.24, 2.45) is 10.2 Å². The van der Waals surface area contributed by atoms with Crippen LogP contribution in [0.2, 0.25) is 0 Å². The third kappa shape index (κ3) is 6.32. The van der Waals surface area contributed by atoms with Crippen molar-refractivity contribution >= 4 is 53.9 Å². The number of thiazole rings is 1. The SMILES string of the molecule is CC(=O)OCCN(CCC#N)c1ccc(N=Nc2nc3ccc(S(C)(=O)=O)cc3s2)cc1. The Bertz CT molecular complexity index is 1280. The van der Waals surface area contributed by atoms with E-state index in [0.29, 0.717) is 35.8 Å². The van der Waals surface area contributed by atoms with Gasteiger partial charge in [0.05, 0.1) is 39.8 Å². The van der Waals surface area contributed by atoms with Gasteiger partial charge in [0.25, 0.3) is 0 Å². The smallest absolute Gasteiger partial charge is 0.302 e. The number of sulfone groups is 1. The number of azo groups is 1. The second-order valence-corrected chi connectivity index (χ2v) is 9.87. The third-order valence-electron chi connectivity index (χ3n) is 4.40. The van der Waals surface area contributed by atoms with Gasteiger partial charge in [-0.2, -0.15) is 5.26 Å². The lowest BCUT2D eigenvalue weighted by Crippen LogP contribution is -2.28. The van der Waals surface area contributed by atoms with E-state index in [2.05, 4.69) is 21.3 Å². The number of rotatable bonds is 9. The lowest BCUT2D eigenvalue weighted by molar-refractivity contribution is -0.140. The van der Waals surface area contributed by atoms with Crippen molar-refractivity contribution in [3.63, 3.8) is 0 Å². The highest BCUT2D eigenvalue weighted by atomic mass is 32.2. The Hall–Kier alpha value is -3.36. The van der Waals surface area contributed by atoms with Gasteiger partial charge in [-0.1, -0.05) is 11.3 Å². The zero-order valence-corrected chi connectivity index (χ0v) is 19.2. The van der Waals surface area contributed by atoms with Crippen LogP contribution in [-0.4, -0.2) is 45.3 Å². The maximum absolute atomic E-state index is 11.7. The van der Waals surface area contributed by atoms with E-state index in [9.17, 15) is 13.2 Å². The first-order chi connectivity index (χ1) is 15.3. The van der Waals surface area contributed by atoms with E-state index in [1.54, 1.807) is 24.3 Å². The van der Waals surface area contributed by atoms with Crippen molar-refractivity contribution in [2.45, 2.75) is 18.2 Å². The highest BCUT2D eigenvalue weighted by Crippen LogP contribution is 2.31. The van der Waals surface area contributed by atoms with Gasteiger partial charge in [0.1, 0.15) is 6.61 Å². The molecule has 0 bridgehead atoms. The molecule has 1 aromatic heterocycles. The Labute approximate surface area is 189 Å². The summed E-state index contributed by atoms with van der Waals surface area (Å²) in [5.74, 6) is -0.344. The van der Waals surface area contributed by atoms with Crippen molar-refractivity contribution in [3.05, 3.63) is 42.5 Å². The summed E-state index contributed by atoms with van der Waals surface area (Å²) in [4.78, 5) is 17.5. The zero-order chi connectivity index (χ0) is 23.1. The number of nitriles is 1. The molecule has 0 saturated heterocycles. The van der Waals surface area contributed by atoms with Gasteiger partial charge in [-0.05, 0) is 42.5 Å². The summed E-state index contributed by atoms with van der Waals surface area (Å²) in [6, 6.07) is 14.2. The van der Waals surface area contributed by atoms with E-state index in [1.807, 2.05) is 17.0 Å². The van der Waals surface area contributed by atoms with E-state index >= 15 is 0 Å². The number of carbonyl (C=O) groups is 1. The van der Waals surface area contributed by atoms with E-state index in [1.165, 1.54) is 24.3 Å².